The molecule has 26 heavy (non-hydrogen) atoms. The van der Waals surface area contributed by atoms with Crippen LogP contribution in [0.15, 0.2) is 35.7 Å². The molecule has 0 aliphatic carbocycles. The number of hydrogen-bond acceptors (Lipinski definition) is 5. The molecule has 1 saturated heterocycles. The van der Waals surface area contributed by atoms with E-state index in [1.807, 2.05) is 35.7 Å². The molecule has 1 aliphatic rings. The Balaban J connectivity index is 1.67. The van der Waals surface area contributed by atoms with Crippen molar-refractivity contribution in [2.24, 2.45) is 0 Å². The summed E-state index contributed by atoms with van der Waals surface area (Å²) in [6.45, 7) is 6.54. The van der Waals surface area contributed by atoms with Crippen LogP contribution in [-0.2, 0) is 26.3 Å². The second-order valence-electron chi connectivity index (χ2n) is 7.28. The SMILES string of the molecule is CC(C)(C)c1csc(CNC(=O)[C@H]2OCC(=O)N[C@@H]2c2ccccc2)n1. The van der Waals surface area contributed by atoms with Crippen molar-refractivity contribution in [1.29, 1.82) is 0 Å². The molecule has 0 unspecified atom stereocenters. The first-order chi connectivity index (χ1) is 12.3. The van der Waals surface area contributed by atoms with Crippen molar-refractivity contribution in [2.45, 2.75) is 44.9 Å². The molecule has 3 rings (SSSR count). The van der Waals surface area contributed by atoms with Gasteiger partial charge in [0.1, 0.15) is 11.6 Å². The van der Waals surface area contributed by atoms with E-state index in [0.29, 0.717) is 6.54 Å². The van der Waals surface area contributed by atoms with Crippen LogP contribution in [0.2, 0.25) is 0 Å². The van der Waals surface area contributed by atoms with Gasteiger partial charge in [-0.3, -0.25) is 9.59 Å². The molecule has 2 heterocycles. The fourth-order valence-electron chi connectivity index (χ4n) is 2.70. The van der Waals surface area contributed by atoms with Crippen molar-refractivity contribution in [2.75, 3.05) is 6.61 Å². The summed E-state index contributed by atoms with van der Waals surface area (Å²) in [5.41, 5.74) is 1.83. The molecule has 0 saturated carbocycles. The van der Waals surface area contributed by atoms with E-state index >= 15 is 0 Å². The number of morpholine rings is 1. The molecule has 0 spiro atoms. The number of ether oxygens (including phenoxy) is 1. The second kappa shape index (κ2) is 7.55. The first-order valence-corrected chi connectivity index (χ1v) is 9.41. The second-order valence-corrected chi connectivity index (χ2v) is 8.22. The molecule has 1 fully saturated rings. The van der Waals surface area contributed by atoms with Crippen molar-refractivity contribution in [3.8, 4) is 0 Å². The molecule has 0 radical (unpaired) electrons. The van der Waals surface area contributed by atoms with Crippen LogP contribution < -0.4 is 10.6 Å². The van der Waals surface area contributed by atoms with Gasteiger partial charge in [-0.2, -0.15) is 0 Å². The van der Waals surface area contributed by atoms with Gasteiger partial charge in [0.05, 0.1) is 18.3 Å². The Kier molecular flexibility index (Phi) is 5.38. The maximum absolute atomic E-state index is 12.7. The number of benzene rings is 1. The lowest BCUT2D eigenvalue weighted by Crippen LogP contribution is -2.52. The molecule has 2 aromatic rings. The van der Waals surface area contributed by atoms with Crippen molar-refractivity contribution in [3.63, 3.8) is 0 Å². The molecule has 7 heteroatoms. The molecule has 138 valence electrons. The van der Waals surface area contributed by atoms with Gasteiger partial charge in [0.25, 0.3) is 5.91 Å². The summed E-state index contributed by atoms with van der Waals surface area (Å²) in [7, 11) is 0. The van der Waals surface area contributed by atoms with Gasteiger partial charge in [-0.1, -0.05) is 51.1 Å². The van der Waals surface area contributed by atoms with E-state index in [4.69, 9.17) is 4.74 Å². The van der Waals surface area contributed by atoms with Crippen molar-refractivity contribution in [3.05, 3.63) is 52.0 Å². The zero-order valence-corrected chi connectivity index (χ0v) is 15.9. The topological polar surface area (TPSA) is 80.3 Å². The number of nitrogens with one attached hydrogen (secondary N) is 2. The average Bonchev–Trinajstić information content (AvgIpc) is 3.10. The van der Waals surface area contributed by atoms with E-state index in [1.165, 1.54) is 11.3 Å². The Morgan fingerprint density at radius 1 is 1.35 bits per heavy atom. The predicted molar refractivity (Wildman–Crippen MR) is 99.7 cm³/mol. The number of carbonyl (C=O) groups is 2. The molecule has 0 bridgehead atoms. The Labute approximate surface area is 157 Å². The number of carbonyl (C=O) groups excluding carboxylic acids is 2. The van der Waals surface area contributed by atoms with Crippen LogP contribution in [-0.4, -0.2) is 29.5 Å². The van der Waals surface area contributed by atoms with Gasteiger partial charge in [-0.25, -0.2) is 4.98 Å². The van der Waals surface area contributed by atoms with Crippen LogP contribution in [0.4, 0.5) is 0 Å². The Morgan fingerprint density at radius 2 is 2.08 bits per heavy atom. The molecule has 6 nitrogen and oxygen atoms in total. The number of nitrogens with zero attached hydrogens (tertiary/aromatic N) is 1. The van der Waals surface area contributed by atoms with Crippen LogP contribution >= 0.6 is 11.3 Å². The number of thiazole rings is 1. The molecule has 1 aliphatic heterocycles. The zero-order chi connectivity index (χ0) is 18.7. The number of amides is 2. The van der Waals surface area contributed by atoms with Crippen LogP contribution in [0.5, 0.6) is 0 Å². The van der Waals surface area contributed by atoms with Crippen molar-refractivity contribution < 1.29 is 14.3 Å². The zero-order valence-electron chi connectivity index (χ0n) is 15.1. The first kappa shape index (κ1) is 18.5. The van der Waals surface area contributed by atoms with Crippen LogP contribution in [0.1, 0.15) is 43.1 Å². The highest BCUT2D eigenvalue weighted by Gasteiger charge is 2.36. The smallest absolute Gasteiger partial charge is 0.252 e. The maximum atomic E-state index is 12.7. The summed E-state index contributed by atoms with van der Waals surface area (Å²) < 4.78 is 5.53. The lowest BCUT2D eigenvalue weighted by Gasteiger charge is -2.31. The summed E-state index contributed by atoms with van der Waals surface area (Å²) >= 11 is 1.53. The lowest BCUT2D eigenvalue weighted by molar-refractivity contribution is -0.148. The fraction of sp³-hybridized carbons (Fsp3) is 0.421. The minimum atomic E-state index is -0.767. The minimum Gasteiger partial charge on any atom is -0.356 e. The van der Waals surface area contributed by atoms with Crippen LogP contribution in [0.3, 0.4) is 0 Å². The maximum Gasteiger partial charge on any atom is 0.252 e. The fourth-order valence-corrected chi connectivity index (χ4v) is 3.66. The van der Waals surface area contributed by atoms with Gasteiger partial charge < -0.3 is 15.4 Å². The van der Waals surface area contributed by atoms with E-state index in [0.717, 1.165) is 16.3 Å². The normalized spacial score (nSPS) is 20.5. The lowest BCUT2D eigenvalue weighted by atomic mass is 9.93. The summed E-state index contributed by atoms with van der Waals surface area (Å²) in [5.74, 6) is -0.482. The summed E-state index contributed by atoms with van der Waals surface area (Å²) in [4.78, 5) is 29.0. The highest BCUT2D eigenvalue weighted by molar-refractivity contribution is 7.09. The third-order valence-corrected chi connectivity index (χ3v) is 5.01. The average molecular weight is 373 g/mol. The molecular formula is C19H23N3O3S. The van der Waals surface area contributed by atoms with Crippen molar-refractivity contribution in [1.82, 2.24) is 15.6 Å². The molecule has 1 aromatic heterocycles. The molecule has 1 aromatic carbocycles. The van der Waals surface area contributed by atoms with Gasteiger partial charge in [-0.05, 0) is 5.56 Å². The Bertz CT molecular complexity index is 783. The van der Waals surface area contributed by atoms with Gasteiger partial charge in [0.2, 0.25) is 5.91 Å². The summed E-state index contributed by atoms with van der Waals surface area (Å²) in [6.07, 6.45) is -0.767. The summed E-state index contributed by atoms with van der Waals surface area (Å²) in [5, 5.41) is 8.59. The van der Waals surface area contributed by atoms with Gasteiger partial charge in [-0.15, -0.1) is 11.3 Å². The van der Waals surface area contributed by atoms with E-state index < -0.39 is 12.1 Å². The standard InChI is InChI=1S/C19H23N3O3S/c1-19(2,3)13-11-26-15(21-13)9-20-18(24)17-16(22-14(23)10-25-17)12-7-5-4-6-8-12/h4-8,11,16-17H,9-10H2,1-3H3,(H,20,24)(H,22,23)/t16-,17+/m1/s1. The highest BCUT2D eigenvalue weighted by Crippen LogP contribution is 2.25. The molecule has 2 amide bonds. The number of aromatic nitrogens is 1. The largest absolute Gasteiger partial charge is 0.356 e. The molecule has 2 N–H and O–H groups in total. The van der Waals surface area contributed by atoms with Crippen LogP contribution in [0, 0.1) is 0 Å². The quantitative estimate of drug-likeness (QED) is 0.862. The third-order valence-electron chi connectivity index (χ3n) is 4.16. The summed E-state index contributed by atoms with van der Waals surface area (Å²) in [6, 6.07) is 8.87. The first-order valence-electron chi connectivity index (χ1n) is 8.53. The third kappa shape index (κ3) is 4.28. The number of rotatable bonds is 4. The number of hydrogen-bond donors (Lipinski definition) is 2. The van der Waals surface area contributed by atoms with Gasteiger partial charge in [0, 0.05) is 10.8 Å². The van der Waals surface area contributed by atoms with Gasteiger partial charge in [0.15, 0.2) is 6.10 Å². The monoisotopic (exact) mass is 373 g/mol. The highest BCUT2D eigenvalue weighted by atomic mass is 32.1. The molecular weight excluding hydrogens is 350 g/mol. The van der Waals surface area contributed by atoms with E-state index in [-0.39, 0.29) is 23.8 Å². The minimum absolute atomic E-state index is 0.0199. The van der Waals surface area contributed by atoms with E-state index in [9.17, 15) is 9.59 Å². The predicted octanol–water partition coefficient (Wildman–Crippen LogP) is 2.31. The van der Waals surface area contributed by atoms with E-state index in [2.05, 4.69) is 36.4 Å². The van der Waals surface area contributed by atoms with Crippen molar-refractivity contribution >= 4 is 23.2 Å². The van der Waals surface area contributed by atoms with Gasteiger partial charge >= 0.3 is 0 Å². The Morgan fingerprint density at radius 3 is 2.73 bits per heavy atom. The Hall–Kier alpha value is -2.25. The van der Waals surface area contributed by atoms with Crippen LogP contribution in [0.25, 0.3) is 0 Å². The molecule has 2 atom stereocenters. The van der Waals surface area contributed by atoms with E-state index in [1.54, 1.807) is 0 Å².